The molecule has 174 valence electrons. The monoisotopic (exact) mass is 453 g/mol. The van der Waals surface area contributed by atoms with Crippen molar-refractivity contribution in [3.8, 4) is 11.5 Å². The minimum atomic E-state index is -3.85. The highest BCUT2D eigenvalue weighted by atomic mass is 32.2. The van der Waals surface area contributed by atoms with Gasteiger partial charge in [-0.3, -0.25) is 4.79 Å². The van der Waals surface area contributed by atoms with E-state index in [-0.39, 0.29) is 27.9 Å². The van der Waals surface area contributed by atoms with E-state index in [2.05, 4.69) is 38.3 Å². The Morgan fingerprint density at radius 1 is 1.10 bits per heavy atom. The number of rotatable bonds is 6. The second-order valence-corrected chi connectivity index (χ2v) is 11.7. The number of hydrogen-bond acceptors (Lipinski definition) is 6. The molecule has 2 saturated heterocycles. The van der Waals surface area contributed by atoms with E-state index in [9.17, 15) is 13.2 Å². The highest BCUT2D eigenvalue weighted by Crippen LogP contribution is 2.34. The maximum Gasteiger partial charge on any atom is 0.243 e. The molecule has 2 heterocycles. The lowest BCUT2D eigenvalue weighted by atomic mass is 9.79. The number of benzene rings is 1. The van der Waals surface area contributed by atoms with Crippen LogP contribution in [-0.2, 0) is 14.8 Å². The third-order valence-electron chi connectivity index (χ3n) is 6.00. The minimum absolute atomic E-state index is 0.00927. The highest BCUT2D eigenvalue weighted by molar-refractivity contribution is 7.89. The zero-order valence-electron chi connectivity index (χ0n) is 19.3. The predicted molar refractivity (Wildman–Crippen MR) is 119 cm³/mol. The zero-order chi connectivity index (χ0) is 23.0. The molecule has 2 N–H and O–H groups in total. The fourth-order valence-electron chi connectivity index (χ4n) is 5.12. The van der Waals surface area contributed by atoms with Gasteiger partial charge in [-0.05, 0) is 65.5 Å². The van der Waals surface area contributed by atoms with E-state index in [1.165, 1.54) is 30.7 Å². The molecule has 0 aromatic heterocycles. The molecule has 1 atom stereocenters. The van der Waals surface area contributed by atoms with Crippen LogP contribution in [0.15, 0.2) is 23.1 Å². The van der Waals surface area contributed by atoms with Gasteiger partial charge in [0.15, 0.2) is 11.5 Å². The summed E-state index contributed by atoms with van der Waals surface area (Å²) < 4.78 is 38.5. The Morgan fingerprint density at radius 2 is 1.71 bits per heavy atom. The third-order valence-corrected chi connectivity index (χ3v) is 7.91. The van der Waals surface area contributed by atoms with E-state index in [4.69, 9.17) is 9.47 Å². The van der Waals surface area contributed by atoms with E-state index < -0.39 is 16.1 Å². The molecule has 0 spiro atoms. The van der Waals surface area contributed by atoms with Crippen molar-refractivity contribution in [3.05, 3.63) is 18.2 Å². The summed E-state index contributed by atoms with van der Waals surface area (Å²) in [6, 6.07) is 3.78. The van der Waals surface area contributed by atoms with Gasteiger partial charge in [0.1, 0.15) is 6.04 Å². The normalized spacial score (nSPS) is 24.0. The van der Waals surface area contributed by atoms with Crippen LogP contribution in [0.4, 0.5) is 0 Å². The molecule has 1 amide bonds. The molecule has 9 heteroatoms. The number of amides is 1. The molecule has 0 saturated carbocycles. The molecule has 2 fully saturated rings. The number of nitrogens with zero attached hydrogens (tertiary/aromatic N) is 1. The molecular weight excluding hydrogens is 418 g/mol. The molecule has 8 nitrogen and oxygen atoms in total. The van der Waals surface area contributed by atoms with E-state index in [0.717, 1.165) is 12.8 Å². The van der Waals surface area contributed by atoms with Gasteiger partial charge in [-0.15, -0.1) is 0 Å². The first-order chi connectivity index (χ1) is 14.4. The molecule has 1 aromatic carbocycles. The van der Waals surface area contributed by atoms with E-state index in [0.29, 0.717) is 30.9 Å². The van der Waals surface area contributed by atoms with E-state index in [1.54, 1.807) is 6.07 Å². The van der Waals surface area contributed by atoms with Gasteiger partial charge in [-0.2, -0.15) is 4.31 Å². The quantitative estimate of drug-likeness (QED) is 0.686. The first kappa shape index (κ1) is 23.8. The average Bonchev–Trinajstić information content (AvgIpc) is 3.15. The number of carbonyl (C=O) groups excluding carboxylic acids is 1. The molecule has 0 aliphatic carbocycles. The molecule has 2 aliphatic heterocycles. The number of nitrogens with one attached hydrogen (secondary N) is 2. The van der Waals surface area contributed by atoms with Crippen LogP contribution in [0.1, 0.15) is 53.4 Å². The average molecular weight is 454 g/mol. The number of ether oxygens (including phenoxy) is 2. The van der Waals surface area contributed by atoms with Crippen molar-refractivity contribution in [2.75, 3.05) is 20.8 Å². The Morgan fingerprint density at radius 3 is 2.29 bits per heavy atom. The topological polar surface area (TPSA) is 97.0 Å². The fraction of sp³-hybridized carbons (Fsp3) is 0.682. The summed E-state index contributed by atoms with van der Waals surface area (Å²) in [4.78, 5) is 13.3. The number of carbonyl (C=O) groups is 1. The Bertz CT molecular complexity index is 913. The summed E-state index contributed by atoms with van der Waals surface area (Å²) in [6.45, 7) is 8.80. The van der Waals surface area contributed by atoms with Gasteiger partial charge in [0.25, 0.3) is 0 Å². The summed E-state index contributed by atoms with van der Waals surface area (Å²) in [7, 11) is -0.895. The molecule has 3 rings (SSSR count). The van der Waals surface area contributed by atoms with Crippen molar-refractivity contribution >= 4 is 15.9 Å². The summed E-state index contributed by atoms with van der Waals surface area (Å²) in [6.07, 6.45) is 2.73. The zero-order valence-corrected chi connectivity index (χ0v) is 20.1. The summed E-state index contributed by atoms with van der Waals surface area (Å²) in [5.41, 5.74) is -0.221. The molecule has 1 aromatic rings. The molecule has 1 unspecified atom stereocenters. The largest absolute Gasteiger partial charge is 0.493 e. The van der Waals surface area contributed by atoms with Crippen molar-refractivity contribution in [3.63, 3.8) is 0 Å². The Labute approximate surface area is 185 Å². The molecular formula is C22H35N3O5S. The SMILES string of the molecule is COc1ccc(S(=O)(=O)N2CCCC2C(=O)NC2CC(C)(C)NC(C)(C)C2)cc1OC. The van der Waals surface area contributed by atoms with Gasteiger partial charge < -0.3 is 20.1 Å². The van der Waals surface area contributed by atoms with Gasteiger partial charge >= 0.3 is 0 Å². The summed E-state index contributed by atoms with van der Waals surface area (Å²) in [5, 5.41) is 6.74. The Kier molecular flexibility index (Phi) is 6.60. The fourth-order valence-corrected chi connectivity index (χ4v) is 6.80. The lowest BCUT2D eigenvalue weighted by Gasteiger charge is -2.46. The lowest BCUT2D eigenvalue weighted by molar-refractivity contribution is -0.125. The highest BCUT2D eigenvalue weighted by Gasteiger charge is 2.43. The van der Waals surface area contributed by atoms with Crippen LogP contribution in [0.25, 0.3) is 0 Å². The smallest absolute Gasteiger partial charge is 0.243 e. The second kappa shape index (κ2) is 8.60. The van der Waals surface area contributed by atoms with E-state index in [1.807, 2.05) is 0 Å². The Hall–Kier alpha value is -1.84. The van der Waals surface area contributed by atoms with Crippen molar-refractivity contribution in [1.82, 2.24) is 14.9 Å². The van der Waals surface area contributed by atoms with Gasteiger partial charge in [0.05, 0.1) is 19.1 Å². The number of piperidine rings is 1. The van der Waals surface area contributed by atoms with Crippen LogP contribution in [0, 0.1) is 0 Å². The number of sulfonamides is 1. The maximum absolute atomic E-state index is 13.4. The van der Waals surface area contributed by atoms with Crippen LogP contribution in [0.3, 0.4) is 0 Å². The molecule has 2 aliphatic rings. The van der Waals surface area contributed by atoms with Crippen molar-refractivity contribution < 1.29 is 22.7 Å². The van der Waals surface area contributed by atoms with E-state index >= 15 is 0 Å². The lowest BCUT2D eigenvalue weighted by Crippen LogP contribution is -2.63. The first-order valence-corrected chi connectivity index (χ1v) is 12.2. The third kappa shape index (κ3) is 5.15. The van der Waals surface area contributed by atoms with Crippen LogP contribution in [-0.4, -0.2) is 62.6 Å². The summed E-state index contributed by atoms with van der Waals surface area (Å²) in [5.74, 6) is 0.566. The Balaban J connectivity index is 1.79. The van der Waals surface area contributed by atoms with Crippen LogP contribution < -0.4 is 20.1 Å². The number of methoxy groups -OCH3 is 2. The summed E-state index contributed by atoms with van der Waals surface area (Å²) >= 11 is 0. The number of hydrogen-bond donors (Lipinski definition) is 2. The van der Waals surface area contributed by atoms with Gasteiger partial charge in [-0.1, -0.05) is 0 Å². The maximum atomic E-state index is 13.4. The molecule has 0 radical (unpaired) electrons. The second-order valence-electron chi connectivity index (χ2n) is 9.80. The van der Waals surface area contributed by atoms with Crippen LogP contribution >= 0.6 is 0 Å². The first-order valence-electron chi connectivity index (χ1n) is 10.7. The van der Waals surface area contributed by atoms with Crippen molar-refractivity contribution in [2.45, 2.75) is 81.4 Å². The predicted octanol–water partition coefficient (Wildman–Crippen LogP) is 2.28. The standard InChI is InChI=1S/C22H35N3O5S/c1-21(2)13-15(14-22(3,4)24-21)23-20(26)17-8-7-11-25(17)31(27,28)16-9-10-18(29-5)19(12-16)30-6/h9-10,12,15,17,24H,7-8,11,13-14H2,1-6H3,(H,23,26). The molecule has 0 bridgehead atoms. The van der Waals surface area contributed by atoms with Crippen molar-refractivity contribution in [1.29, 1.82) is 0 Å². The van der Waals surface area contributed by atoms with Gasteiger partial charge in [0.2, 0.25) is 15.9 Å². The van der Waals surface area contributed by atoms with Crippen molar-refractivity contribution in [2.24, 2.45) is 0 Å². The van der Waals surface area contributed by atoms with Gasteiger partial charge in [-0.25, -0.2) is 8.42 Å². The van der Waals surface area contributed by atoms with Crippen LogP contribution in [0.2, 0.25) is 0 Å². The molecule has 31 heavy (non-hydrogen) atoms. The minimum Gasteiger partial charge on any atom is -0.493 e. The van der Waals surface area contributed by atoms with Crippen LogP contribution in [0.5, 0.6) is 11.5 Å². The van der Waals surface area contributed by atoms with Gasteiger partial charge in [0, 0.05) is 29.7 Å².